The van der Waals surface area contributed by atoms with Crippen molar-refractivity contribution < 1.29 is 36.8 Å². The molecule has 0 aromatic rings. The lowest BCUT2D eigenvalue weighted by Crippen LogP contribution is -2.36. The second kappa shape index (κ2) is 10.4. The maximum absolute atomic E-state index is 11.3. The molecule has 0 saturated carbocycles. The normalized spacial score (nSPS) is 12.3. The maximum atomic E-state index is 11.3. The number of thiol groups is 1. The Morgan fingerprint density at radius 3 is 2.55 bits per heavy atom. The van der Waals surface area contributed by atoms with Crippen LogP contribution in [0.3, 0.4) is 0 Å². The topological polar surface area (TPSA) is 140 Å². The van der Waals surface area contributed by atoms with E-state index in [9.17, 15) is 18.0 Å². The van der Waals surface area contributed by atoms with Crippen molar-refractivity contribution in [2.24, 2.45) is 0 Å². The number of nitrogens with one attached hydrogen (secondary N) is 2. The molecule has 128 valence electrons. The first-order valence-electron chi connectivity index (χ1n) is 5.90. The summed E-state index contributed by atoms with van der Waals surface area (Å²) in [7, 11) is -4.07. The molecule has 1 amide bonds. The van der Waals surface area contributed by atoms with Gasteiger partial charge in [-0.2, -0.15) is 8.42 Å². The quantitative estimate of drug-likeness (QED) is 0.167. The molecule has 12 heteroatoms. The van der Waals surface area contributed by atoms with Gasteiger partial charge in [-0.15, -0.1) is 4.13 Å². The summed E-state index contributed by atoms with van der Waals surface area (Å²) in [5, 5.41) is 11.2. The lowest BCUT2D eigenvalue weighted by Gasteiger charge is -2.15. The number of amides is 1. The van der Waals surface area contributed by atoms with Crippen molar-refractivity contribution in [3.63, 3.8) is 0 Å². The van der Waals surface area contributed by atoms with Crippen LogP contribution >= 0.6 is 12.8 Å². The highest BCUT2D eigenvalue weighted by atomic mass is 32.3. The number of alkyl carbamates (subject to hydrolysis) is 1. The van der Waals surface area contributed by atoms with E-state index in [4.69, 9.17) is 14.6 Å². The van der Waals surface area contributed by atoms with Crippen molar-refractivity contribution in [1.29, 1.82) is 0 Å². The van der Waals surface area contributed by atoms with Gasteiger partial charge in [0.25, 0.3) is 0 Å². The summed E-state index contributed by atoms with van der Waals surface area (Å²) >= 11 is 3.30. The molecular weight excluding hydrogens is 340 g/mol. The van der Waals surface area contributed by atoms with Gasteiger partial charge in [-0.1, -0.05) is 19.4 Å². The predicted octanol–water partition coefficient (Wildman–Crippen LogP) is -1.11. The van der Waals surface area contributed by atoms with E-state index in [1.807, 2.05) is 0 Å². The molecule has 1 atom stereocenters. The molecule has 10 nitrogen and oxygen atoms in total. The molecule has 0 heterocycles. The molecule has 3 N–H and O–H groups in total. The van der Waals surface area contributed by atoms with E-state index in [1.54, 1.807) is 4.13 Å². The molecular formula is C10H18N2O8S2. The van der Waals surface area contributed by atoms with Gasteiger partial charge in [0, 0.05) is 5.57 Å². The minimum absolute atomic E-state index is 0.0344. The Hall–Kier alpha value is -1.34. The monoisotopic (exact) mass is 358 g/mol. The number of hydrogen-bond donors (Lipinski definition) is 4. The predicted molar refractivity (Wildman–Crippen MR) is 78.1 cm³/mol. The SMILES string of the molecule is C=C(C)C(=O)OCCNC(=O)OC(CO)COS(=O)(=O)NS. The smallest absolute Gasteiger partial charge is 0.407 e. The summed E-state index contributed by atoms with van der Waals surface area (Å²) in [6, 6.07) is 0. The van der Waals surface area contributed by atoms with Crippen LogP contribution in [0.25, 0.3) is 0 Å². The van der Waals surface area contributed by atoms with Crippen molar-refractivity contribution in [2.75, 3.05) is 26.4 Å². The third-order valence-corrected chi connectivity index (χ3v) is 3.29. The number of aliphatic hydroxyl groups excluding tert-OH is 1. The van der Waals surface area contributed by atoms with Crippen LogP contribution < -0.4 is 9.44 Å². The van der Waals surface area contributed by atoms with Gasteiger partial charge in [-0.05, 0) is 6.92 Å². The highest BCUT2D eigenvalue weighted by Gasteiger charge is 2.18. The largest absolute Gasteiger partial charge is 0.460 e. The standard InChI is InChI=1S/C10H18N2O8S2/c1-7(2)9(14)18-4-3-11-10(15)20-8(5-13)6-19-22(16,17)12-21/h8,12-13,21H,1,3-6H2,2H3,(H,11,15). The molecule has 0 aliphatic carbocycles. The second-order valence-corrected chi connectivity index (χ2v) is 5.76. The van der Waals surface area contributed by atoms with Gasteiger partial charge in [0.15, 0.2) is 6.10 Å². The van der Waals surface area contributed by atoms with E-state index < -0.39 is 41.7 Å². The number of rotatable bonds is 10. The molecule has 22 heavy (non-hydrogen) atoms. The summed E-state index contributed by atoms with van der Waals surface area (Å²) in [5.74, 6) is -0.596. The van der Waals surface area contributed by atoms with Crippen LogP contribution in [0.2, 0.25) is 0 Å². The van der Waals surface area contributed by atoms with Crippen LogP contribution in [-0.4, -0.2) is 58.1 Å². The number of esters is 1. The first-order chi connectivity index (χ1) is 10.2. The average molecular weight is 358 g/mol. The minimum Gasteiger partial charge on any atom is -0.460 e. The van der Waals surface area contributed by atoms with E-state index in [1.165, 1.54) is 6.92 Å². The Bertz CT molecular complexity index is 493. The van der Waals surface area contributed by atoms with Crippen molar-refractivity contribution in [1.82, 2.24) is 9.44 Å². The highest BCUT2D eigenvalue weighted by Crippen LogP contribution is 1.98. The van der Waals surface area contributed by atoms with Gasteiger partial charge in [0.05, 0.1) is 13.2 Å². The zero-order valence-electron chi connectivity index (χ0n) is 11.8. The van der Waals surface area contributed by atoms with Gasteiger partial charge >= 0.3 is 22.4 Å². The molecule has 0 spiro atoms. The summed E-state index contributed by atoms with van der Waals surface area (Å²) in [5.41, 5.74) is 0.221. The van der Waals surface area contributed by atoms with E-state index >= 15 is 0 Å². The van der Waals surface area contributed by atoms with Crippen LogP contribution in [-0.2, 0) is 28.8 Å². The summed E-state index contributed by atoms with van der Waals surface area (Å²) in [6.07, 6.45) is -2.14. The van der Waals surface area contributed by atoms with Crippen LogP contribution in [0.4, 0.5) is 4.79 Å². The number of carbonyl (C=O) groups excluding carboxylic acids is 2. The van der Waals surface area contributed by atoms with Gasteiger partial charge in [-0.25, -0.2) is 9.59 Å². The van der Waals surface area contributed by atoms with Crippen molar-refractivity contribution in [3.8, 4) is 0 Å². The Balaban J connectivity index is 4.01. The first-order valence-corrected chi connectivity index (χ1v) is 7.75. The van der Waals surface area contributed by atoms with E-state index in [0.717, 1.165) is 0 Å². The van der Waals surface area contributed by atoms with Gasteiger partial charge in [0.1, 0.15) is 13.2 Å². The van der Waals surface area contributed by atoms with Crippen molar-refractivity contribution >= 4 is 35.2 Å². The first kappa shape index (κ1) is 20.7. The molecule has 0 fully saturated rings. The summed E-state index contributed by atoms with van der Waals surface area (Å²) in [4.78, 5) is 22.4. The number of carbonyl (C=O) groups is 2. The molecule has 0 saturated heterocycles. The molecule has 0 aromatic heterocycles. The Morgan fingerprint density at radius 1 is 1.41 bits per heavy atom. The van der Waals surface area contributed by atoms with Gasteiger partial charge < -0.3 is 19.9 Å². The Morgan fingerprint density at radius 2 is 2.05 bits per heavy atom. The Kier molecular flexibility index (Phi) is 9.76. The number of aliphatic hydroxyl groups is 1. The van der Waals surface area contributed by atoms with Crippen molar-refractivity contribution in [3.05, 3.63) is 12.2 Å². The number of ether oxygens (including phenoxy) is 2. The maximum Gasteiger partial charge on any atom is 0.407 e. The molecule has 0 rings (SSSR count). The highest BCUT2D eigenvalue weighted by molar-refractivity contribution is 7.97. The molecule has 1 unspecified atom stereocenters. The van der Waals surface area contributed by atoms with Crippen molar-refractivity contribution in [2.45, 2.75) is 13.0 Å². The van der Waals surface area contributed by atoms with Crippen LogP contribution in [0.1, 0.15) is 6.92 Å². The number of hydrogen-bond acceptors (Lipinski definition) is 9. The zero-order chi connectivity index (χ0) is 17.2. The third-order valence-electron chi connectivity index (χ3n) is 1.95. The summed E-state index contributed by atoms with van der Waals surface area (Å²) < 4.78 is 37.2. The summed E-state index contributed by atoms with van der Waals surface area (Å²) in [6.45, 7) is 3.48. The van der Waals surface area contributed by atoms with E-state index in [2.05, 4.69) is 28.9 Å². The second-order valence-electron chi connectivity index (χ2n) is 3.88. The third kappa shape index (κ3) is 9.57. The average Bonchev–Trinajstić information content (AvgIpc) is 2.47. The van der Waals surface area contributed by atoms with Gasteiger partial charge in [-0.3, -0.25) is 4.18 Å². The van der Waals surface area contributed by atoms with Crippen LogP contribution in [0, 0.1) is 0 Å². The van der Waals surface area contributed by atoms with Crippen LogP contribution in [0.15, 0.2) is 12.2 Å². The lowest BCUT2D eigenvalue weighted by molar-refractivity contribution is -0.138. The molecule has 0 aliphatic rings. The lowest BCUT2D eigenvalue weighted by atomic mass is 10.4. The molecule has 0 radical (unpaired) electrons. The van der Waals surface area contributed by atoms with Gasteiger partial charge in [0.2, 0.25) is 0 Å². The Labute approximate surface area is 133 Å². The zero-order valence-corrected chi connectivity index (χ0v) is 13.5. The molecule has 0 bridgehead atoms. The molecule has 0 aliphatic heterocycles. The van der Waals surface area contributed by atoms with E-state index in [0.29, 0.717) is 0 Å². The molecule has 0 aromatic carbocycles. The van der Waals surface area contributed by atoms with Crippen LogP contribution in [0.5, 0.6) is 0 Å². The fourth-order valence-electron chi connectivity index (χ4n) is 0.929. The fourth-order valence-corrected chi connectivity index (χ4v) is 1.47. The minimum atomic E-state index is -4.07. The fraction of sp³-hybridized carbons (Fsp3) is 0.600. The van der Waals surface area contributed by atoms with E-state index in [-0.39, 0.29) is 18.7 Å².